The van der Waals surface area contributed by atoms with E-state index >= 15 is 0 Å². The number of rotatable bonds is 2. The third-order valence-corrected chi connectivity index (χ3v) is 2.94. The predicted octanol–water partition coefficient (Wildman–Crippen LogP) is 2.62. The van der Waals surface area contributed by atoms with Crippen molar-refractivity contribution in [1.82, 2.24) is 4.98 Å². The summed E-state index contributed by atoms with van der Waals surface area (Å²) in [6.45, 7) is 1.95. The highest BCUT2D eigenvalue weighted by Gasteiger charge is 2.12. The van der Waals surface area contributed by atoms with Gasteiger partial charge in [-0.15, -0.1) is 11.3 Å². The Morgan fingerprint density at radius 2 is 2.31 bits per heavy atom. The molecule has 2 nitrogen and oxygen atoms in total. The second-order valence-corrected chi connectivity index (χ2v) is 3.78. The second kappa shape index (κ2) is 3.18. The van der Waals surface area contributed by atoms with Gasteiger partial charge in [0.25, 0.3) is 0 Å². The van der Waals surface area contributed by atoms with Gasteiger partial charge in [0.15, 0.2) is 0 Å². The van der Waals surface area contributed by atoms with Crippen LogP contribution in [0.3, 0.4) is 0 Å². The van der Waals surface area contributed by atoms with E-state index in [1.54, 1.807) is 18.5 Å². The normalized spacial score (nSPS) is 10.2. The Kier molecular flexibility index (Phi) is 2.02. The maximum Gasteiger partial charge on any atom is 0.204 e. The zero-order valence-electron chi connectivity index (χ0n) is 7.20. The molecular weight excluding hydrogens is 182 g/mol. The Labute approximate surface area is 80.2 Å². The Hall–Kier alpha value is -1.35. The Morgan fingerprint density at radius 3 is 2.85 bits per heavy atom. The number of carbonyl (C=O) groups excluding carboxylic acids is 1. The fourth-order valence-electron chi connectivity index (χ4n) is 1.20. The molecular formula is C10H9NOS. The van der Waals surface area contributed by atoms with Crippen LogP contribution in [0.15, 0.2) is 29.9 Å². The third kappa shape index (κ3) is 1.42. The molecule has 2 aromatic heterocycles. The van der Waals surface area contributed by atoms with Gasteiger partial charge in [-0.2, -0.15) is 0 Å². The molecule has 1 N–H and O–H groups in total. The molecule has 0 atom stereocenters. The Morgan fingerprint density at radius 1 is 1.46 bits per heavy atom. The number of nitrogens with one attached hydrogen (secondary N) is 1. The molecule has 0 saturated carbocycles. The van der Waals surface area contributed by atoms with Crippen LogP contribution < -0.4 is 0 Å². The lowest BCUT2D eigenvalue weighted by Crippen LogP contribution is -1.97. The quantitative estimate of drug-likeness (QED) is 0.727. The standard InChI is InChI=1S/C10H9NOS/c1-7-3-5-13-10(7)9(12)8-2-4-11-6-8/h2-6,11H,1H3. The molecule has 0 radical (unpaired) electrons. The molecule has 3 heteroatoms. The molecule has 13 heavy (non-hydrogen) atoms. The van der Waals surface area contributed by atoms with E-state index in [2.05, 4.69) is 4.98 Å². The van der Waals surface area contributed by atoms with Gasteiger partial charge in [-0.3, -0.25) is 4.79 Å². The van der Waals surface area contributed by atoms with Gasteiger partial charge >= 0.3 is 0 Å². The van der Waals surface area contributed by atoms with Crippen LogP contribution in [0, 0.1) is 6.92 Å². The minimum absolute atomic E-state index is 0.105. The van der Waals surface area contributed by atoms with Gasteiger partial charge in [-0.25, -0.2) is 0 Å². The summed E-state index contributed by atoms with van der Waals surface area (Å²) >= 11 is 1.49. The third-order valence-electron chi connectivity index (χ3n) is 1.93. The van der Waals surface area contributed by atoms with Gasteiger partial charge in [-0.1, -0.05) is 0 Å². The van der Waals surface area contributed by atoms with Gasteiger partial charge in [0, 0.05) is 18.0 Å². The molecule has 0 amide bonds. The lowest BCUT2D eigenvalue weighted by atomic mass is 10.1. The zero-order chi connectivity index (χ0) is 9.26. The topological polar surface area (TPSA) is 32.9 Å². The molecule has 2 heterocycles. The highest BCUT2D eigenvalue weighted by atomic mass is 32.1. The molecule has 2 aromatic rings. The minimum Gasteiger partial charge on any atom is -0.367 e. The van der Waals surface area contributed by atoms with Crippen LogP contribution in [-0.4, -0.2) is 10.8 Å². The number of H-pyrrole nitrogens is 1. The smallest absolute Gasteiger partial charge is 0.204 e. The predicted molar refractivity (Wildman–Crippen MR) is 53.3 cm³/mol. The van der Waals surface area contributed by atoms with Gasteiger partial charge in [-0.05, 0) is 30.0 Å². The fraction of sp³-hybridized carbons (Fsp3) is 0.100. The molecule has 0 spiro atoms. The van der Waals surface area contributed by atoms with Crippen molar-refractivity contribution in [3.63, 3.8) is 0 Å². The van der Waals surface area contributed by atoms with Crippen LogP contribution in [0.2, 0.25) is 0 Å². The largest absolute Gasteiger partial charge is 0.367 e. The summed E-state index contributed by atoms with van der Waals surface area (Å²) in [6.07, 6.45) is 3.48. The van der Waals surface area contributed by atoms with Crippen LogP contribution in [0.4, 0.5) is 0 Å². The minimum atomic E-state index is 0.105. The molecule has 0 fully saturated rings. The van der Waals surface area contributed by atoms with Gasteiger partial charge < -0.3 is 4.98 Å². The summed E-state index contributed by atoms with van der Waals surface area (Å²) in [5.74, 6) is 0.105. The molecule has 2 rings (SSSR count). The summed E-state index contributed by atoms with van der Waals surface area (Å²) in [6, 6.07) is 3.76. The summed E-state index contributed by atoms with van der Waals surface area (Å²) in [7, 11) is 0. The van der Waals surface area contributed by atoms with E-state index in [0.717, 1.165) is 16.0 Å². The summed E-state index contributed by atoms with van der Waals surface area (Å²) in [5.41, 5.74) is 1.78. The van der Waals surface area contributed by atoms with Crippen LogP contribution in [0.25, 0.3) is 0 Å². The number of ketones is 1. The maximum absolute atomic E-state index is 11.8. The van der Waals surface area contributed by atoms with Crippen molar-refractivity contribution in [2.45, 2.75) is 6.92 Å². The first-order chi connectivity index (χ1) is 6.29. The first-order valence-corrected chi connectivity index (χ1v) is 4.88. The molecule has 0 aromatic carbocycles. The van der Waals surface area contributed by atoms with E-state index in [4.69, 9.17) is 0 Å². The van der Waals surface area contributed by atoms with Gasteiger partial charge in [0.1, 0.15) is 0 Å². The van der Waals surface area contributed by atoms with Crippen LogP contribution in [0.5, 0.6) is 0 Å². The number of thiophene rings is 1. The van der Waals surface area contributed by atoms with Gasteiger partial charge in [0.05, 0.1) is 4.88 Å². The van der Waals surface area contributed by atoms with E-state index in [0.29, 0.717) is 0 Å². The average molecular weight is 191 g/mol. The molecule has 0 saturated heterocycles. The Bertz CT molecular complexity index is 414. The molecule has 66 valence electrons. The van der Waals surface area contributed by atoms with E-state index in [1.807, 2.05) is 18.4 Å². The van der Waals surface area contributed by atoms with Crippen molar-refractivity contribution in [2.24, 2.45) is 0 Å². The number of hydrogen-bond acceptors (Lipinski definition) is 2. The van der Waals surface area contributed by atoms with Crippen molar-refractivity contribution in [1.29, 1.82) is 0 Å². The Balaban J connectivity index is 2.39. The first kappa shape index (κ1) is 8.26. The highest BCUT2D eigenvalue weighted by molar-refractivity contribution is 7.12. The van der Waals surface area contributed by atoms with Crippen LogP contribution in [0.1, 0.15) is 20.8 Å². The SMILES string of the molecule is Cc1ccsc1C(=O)c1cc[nH]c1. The van der Waals surface area contributed by atoms with Crippen LogP contribution >= 0.6 is 11.3 Å². The maximum atomic E-state index is 11.8. The number of carbonyl (C=O) groups is 1. The molecule has 0 aliphatic heterocycles. The molecule has 0 aliphatic rings. The lowest BCUT2D eigenvalue weighted by molar-refractivity contribution is 0.104. The van der Waals surface area contributed by atoms with E-state index < -0.39 is 0 Å². The highest BCUT2D eigenvalue weighted by Crippen LogP contribution is 2.19. The van der Waals surface area contributed by atoms with E-state index in [9.17, 15) is 4.79 Å². The number of aromatic nitrogens is 1. The monoisotopic (exact) mass is 191 g/mol. The average Bonchev–Trinajstić information content (AvgIpc) is 2.72. The molecule has 0 bridgehead atoms. The fourth-order valence-corrected chi connectivity index (χ4v) is 2.09. The number of aryl methyl sites for hydroxylation is 1. The number of aromatic amines is 1. The van der Waals surface area contributed by atoms with Crippen molar-refractivity contribution in [3.8, 4) is 0 Å². The zero-order valence-corrected chi connectivity index (χ0v) is 8.02. The summed E-state index contributed by atoms with van der Waals surface area (Å²) < 4.78 is 0. The first-order valence-electron chi connectivity index (χ1n) is 4.00. The van der Waals surface area contributed by atoms with Gasteiger partial charge in [0.2, 0.25) is 5.78 Å². The number of hydrogen-bond donors (Lipinski definition) is 1. The van der Waals surface area contributed by atoms with Crippen molar-refractivity contribution >= 4 is 17.1 Å². The van der Waals surface area contributed by atoms with Crippen molar-refractivity contribution in [2.75, 3.05) is 0 Å². The molecule has 0 unspecified atom stereocenters. The van der Waals surface area contributed by atoms with Crippen LogP contribution in [-0.2, 0) is 0 Å². The van der Waals surface area contributed by atoms with E-state index in [-0.39, 0.29) is 5.78 Å². The summed E-state index contributed by atoms with van der Waals surface area (Å²) in [4.78, 5) is 15.5. The summed E-state index contributed by atoms with van der Waals surface area (Å²) in [5, 5.41) is 1.94. The second-order valence-electron chi connectivity index (χ2n) is 2.86. The molecule has 0 aliphatic carbocycles. The van der Waals surface area contributed by atoms with Crippen molar-refractivity contribution < 1.29 is 4.79 Å². The lowest BCUT2D eigenvalue weighted by Gasteiger charge is -1.94. The van der Waals surface area contributed by atoms with E-state index in [1.165, 1.54) is 11.3 Å². The van der Waals surface area contributed by atoms with Crippen molar-refractivity contribution in [3.05, 3.63) is 45.9 Å².